The van der Waals surface area contributed by atoms with Gasteiger partial charge in [0.2, 0.25) is 0 Å². The highest BCUT2D eigenvalue weighted by Gasteiger charge is 2.21. The molecule has 0 aliphatic carbocycles. The summed E-state index contributed by atoms with van der Waals surface area (Å²) in [6.07, 6.45) is 0. The van der Waals surface area contributed by atoms with Gasteiger partial charge in [0.1, 0.15) is 16.6 Å². The Kier molecular flexibility index (Phi) is 4.45. The number of nitrogens with one attached hydrogen (secondary N) is 1. The lowest BCUT2D eigenvalue weighted by molar-refractivity contribution is -0.143. The van der Waals surface area contributed by atoms with Crippen LogP contribution < -0.4 is 5.32 Å². The zero-order valence-corrected chi connectivity index (χ0v) is 10.6. The molecule has 0 aliphatic rings. The molecule has 0 radical (unpaired) electrons. The van der Waals surface area contributed by atoms with Crippen molar-refractivity contribution in [2.24, 2.45) is 0 Å². The molecule has 0 bridgehead atoms. The van der Waals surface area contributed by atoms with Crippen LogP contribution in [0.2, 0.25) is 0 Å². The number of aromatic carboxylic acids is 1. The molecule has 1 rings (SSSR count). The molecule has 1 aromatic heterocycles. The van der Waals surface area contributed by atoms with Gasteiger partial charge in [-0.1, -0.05) is 0 Å². The van der Waals surface area contributed by atoms with Gasteiger partial charge < -0.3 is 15.2 Å². The smallest absolute Gasteiger partial charge is 0.340 e. The lowest BCUT2D eigenvalue weighted by Crippen LogP contribution is -2.28. The Morgan fingerprint density at radius 1 is 1.59 bits per heavy atom. The van der Waals surface area contributed by atoms with Crippen LogP contribution in [-0.4, -0.2) is 34.1 Å². The van der Waals surface area contributed by atoms with Gasteiger partial charge in [0.25, 0.3) is 0 Å². The maximum absolute atomic E-state index is 11.4. The number of rotatable bonds is 5. The van der Waals surface area contributed by atoms with Gasteiger partial charge in [-0.25, -0.2) is 9.59 Å². The Labute approximate surface area is 103 Å². The second-order valence-electron chi connectivity index (χ2n) is 3.40. The van der Waals surface area contributed by atoms with E-state index in [0.717, 1.165) is 11.5 Å². The number of carboxylic acids is 1. The fraction of sp³-hybridized carbons (Fsp3) is 0.500. The van der Waals surface area contributed by atoms with E-state index >= 15 is 0 Å². The van der Waals surface area contributed by atoms with Crippen LogP contribution in [0.25, 0.3) is 0 Å². The second-order valence-corrected chi connectivity index (χ2v) is 4.17. The summed E-state index contributed by atoms with van der Waals surface area (Å²) in [7, 11) is 0. The van der Waals surface area contributed by atoms with Crippen molar-refractivity contribution in [1.82, 2.24) is 4.37 Å². The van der Waals surface area contributed by atoms with Crippen molar-refractivity contribution in [2.75, 3.05) is 11.9 Å². The zero-order chi connectivity index (χ0) is 13.0. The Morgan fingerprint density at radius 3 is 2.76 bits per heavy atom. The molecule has 0 amide bonds. The number of aryl methyl sites for hydroxylation is 1. The van der Waals surface area contributed by atoms with Crippen molar-refractivity contribution in [3.63, 3.8) is 0 Å². The van der Waals surface area contributed by atoms with Gasteiger partial charge >= 0.3 is 11.9 Å². The Balaban J connectivity index is 2.81. The number of esters is 1. The van der Waals surface area contributed by atoms with Gasteiger partial charge in [-0.05, 0) is 32.3 Å². The summed E-state index contributed by atoms with van der Waals surface area (Å²) in [5.74, 6) is -1.48. The molecule has 1 atom stereocenters. The van der Waals surface area contributed by atoms with Crippen LogP contribution in [-0.2, 0) is 9.53 Å². The summed E-state index contributed by atoms with van der Waals surface area (Å²) in [4.78, 5) is 22.4. The molecule has 0 fully saturated rings. The largest absolute Gasteiger partial charge is 0.478 e. The second kappa shape index (κ2) is 5.62. The Hall–Kier alpha value is -1.63. The maximum Gasteiger partial charge on any atom is 0.340 e. The first-order chi connectivity index (χ1) is 7.97. The first-order valence-corrected chi connectivity index (χ1v) is 5.87. The van der Waals surface area contributed by atoms with Crippen LogP contribution >= 0.6 is 11.5 Å². The fourth-order valence-electron chi connectivity index (χ4n) is 1.24. The van der Waals surface area contributed by atoms with Crippen LogP contribution in [0.15, 0.2) is 0 Å². The van der Waals surface area contributed by atoms with Crippen LogP contribution in [0.1, 0.15) is 29.9 Å². The summed E-state index contributed by atoms with van der Waals surface area (Å²) in [5, 5.41) is 12.2. The average Bonchev–Trinajstić information content (AvgIpc) is 2.60. The number of carboxylic acid groups (broad SMARTS) is 1. The average molecular weight is 258 g/mol. The van der Waals surface area contributed by atoms with E-state index in [2.05, 4.69) is 9.69 Å². The zero-order valence-electron chi connectivity index (χ0n) is 9.81. The first kappa shape index (κ1) is 13.4. The number of aromatic nitrogens is 1. The minimum atomic E-state index is -1.06. The van der Waals surface area contributed by atoms with E-state index in [1.165, 1.54) is 0 Å². The fourth-order valence-corrected chi connectivity index (χ4v) is 2.12. The van der Waals surface area contributed by atoms with Gasteiger partial charge in [-0.15, -0.1) is 0 Å². The minimum absolute atomic E-state index is 0.103. The summed E-state index contributed by atoms with van der Waals surface area (Å²) in [6.45, 7) is 5.22. The number of ether oxygens (including phenoxy) is 1. The molecule has 0 aliphatic heterocycles. The monoisotopic (exact) mass is 258 g/mol. The predicted molar refractivity (Wildman–Crippen MR) is 63.5 cm³/mol. The number of carbonyl (C=O) groups excluding carboxylic acids is 1. The van der Waals surface area contributed by atoms with Crippen molar-refractivity contribution in [1.29, 1.82) is 0 Å². The van der Waals surface area contributed by atoms with Crippen molar-refractivity contribution >= 4 is 28.5 Å². The lowest BCUT2D eigenvalue weighted by atomic mass is 10.2. The third-order valence-electron chi connectivity index (χ3n) is 2.06. The number of carbonyl (C=O) groups is 2. The molecule has 6 nitrogen and oxygen atoms in total. The van der Waals surface area contributed by atoms with E-state index in [-0.39, 0.29) is 5.56 Å². The highest BCUT2D eigenvalue weighted by Crippen LogP contribution is 2.25. The standard InChI is InChI=1S/C10H14N2O4S/c1-4-16-10(15)6(3)11-8-7(9(13)14)5(2)12-17-8/h6,11H,4H2,1-3H3,(H,13,14). The first-order valence-electron chi connectivity index (χ1n) is 5.10. The molecule has 0 saturated carbocycles. The normalized spacial score (nSPS) is 11.9. The van der Waals surface area contributed by atoms with E-state index in [1.54, 1.807) is 20.8 Å². The molecule has 1 unspecified atom stereocenters. The molecule has 17 heavy (non-hydrogen) atoms. The van der Waals surface area contributed by atoms with Crippen LogP contribution in [0.4, 0.5) is 5.00 Å². The number of anilines is 1. The molecule has 0 spiro atoms. The molecule has 1 heterocycles. The summed E-state index contributed by atoms with van der Waals surface area (Å²) in [5.41, 5.74) is 0.534. The van der Waals surface area contributed by atoms with Gasteiger partial charge in [0.05, 0.1) is 12.3 Å². The van der Waals surface area contributed by atoms with Crippen LogP contribution in [0.3, 0.4) is 0 Å². The van der Waals surface area contributed by atoms with Crippen LogP contribution in [0, 0.1) is 6.92 Å². The Morgan fingerprint density at radius 2 is 2.24 bits per heavy atom. The molecule has 94 valence electrons. The number of nitrogens with zero attached hydrogens (tertiary/aromatic N) is 1. The van der Waals surface area contributed by atoms with Gasteiger partial charge in [0.15, 0.2) is 0 Å². The van der Waals surface area contributed by atoms with E-state index in [0.29, 0.717) is 17.3 Å². The Bertz CT molecular complexity index is 430. The topological polar surface area (TPSA) is 88.5 Å². The van der Waals surface area contributed by atoms with Gasteiger partial charge in [-0.3, -0.25) is 0 Å². The molecule has 1 aromatic rings. The molecule has 0 aromatic carbocycles. The molecule has 0 saturated heterocycles. The highest BCUT2D eigenvalue weighted by molar-refractivity contribution is 7.10. The molecular formula is C10H14N2O4S. The van der Waals surface area contributed by atoms with Crippen molar-refractivity contribution in [2.45, 2.75) is 26.8 Å². The maximum atomic E-state index is 11.4. The van der Waals surface area contributed by atoms with Gasteiger partial charge in [0, 0.05) is 0 Å². The highest BCUT2D eigenvalue weighted by atomic mass is 32.1. The van der Waals surface area contributed by atoms with Gasteiger partial charge in [-0.2, -0.15) is 4.37 Å². The summed E-state index contributed by atoms with van der Waals surface area (Å²) in [6, 6.07) is -0.604. The number of hydrogen-bond donors (Lipinski definition) is 2. The van der Waals surface area contributed by atoms with E-state index in [4.69, 9.17) is 9.84 Å². The number of hydrogen-bond acceptors (Lipinski definition) is 6. The lowest BCUT2D eigenvalue weighted by Gasteiger charge is -2.12. The third kappa shape index (κ3) is 3.16. The van der Waals surface area contributed by atoms with Crippen molar-refractivity contribution < 1.29 is 19.4 Å². The SMILES string of the molecule is CCOC(=O)C(C)Nc1snc(C)c1C(=O)O. The van der Waals surface area contributed by atoms with Crippen LogP contribution in [0.5, 0.6) is 0 Å². The van der Waals surface area contributed by atoms with E-state index in [9.17, 15) is 9.59 Å². The summed E-state index contributed by atoms with van der Waals surface area (Å²) >= 11 is 1.02. The molecular weight excluding hydrogens is 244 g/mol. The minimum Gasteiger partial charge on any atom is -0.478 e. The van der Waals surface area contributed by atoms with E-state index < -0.39 is 18.0 Å². The van der Waals surface area contributed by atoms with Crippen molar-refractivity contribution in [3.8, 4) is 0 Å². The molecule has 2 N–H and O–H groups in total. The van der Waals surface area contributed by atoms with Crippen molar-refractivity contribution in [3.05, 3.63) is 11.3 Å². The molecule has 7 heteroatoms. The predicted octanol–water partition coefficient (Wildman–Crippen LogP) is 1.51. The third-order valence-corrected chi connectivity index (χ3v) is 2.93. The van der Waals surface area contributed by atoms with E-state index in [1.807, 2.05) is 0 Å². The summed E-state index contributed by atoms with van der Waals surface area (Å²) < 4.78 is 8.76. The quantitative estimate of drug-likeness (QED) is 0.778.